The number of esters is 3. The first-order valence-electron chi connectivity index (χ1n) is 23.1. The predicted molar refractivity (Wildman–Crippen MR) is 257 cm³/mol. The second kappa shape index (κ2) is 25.3. The van der Waals surface area contributed by atoms with Gasteiger partial charge in [0.25, 0.3) is 0 Å². The van der Waals surface area contributed by atoms with Gasteiger partial charge in [-0.25, -0.2) is 14.4 Å². The van der Waals surface area contributed by atoms with Crippen LogP contribution in [0.2, 0.25) is 25.7 Å². The van der Waals surface area contributed by atoms with Crippen molar-refractivity contribution < 1.29 is 66.5 Å². The highest BCUT2D eigenvalue weighted by molar-refractivity contribution is 6.76. The number of rotatable bonds is 22. The molecule has 2 fully saturated rings. The molecule has 2 aliphatic rings. The molecule has 69 heavy (non-hydrogen) atoms. The van der Waals surface area contributed by atoms with Crippen LogP contribution in [0.15, 0.2) is 152 Å². The van der Waals surface area contributed by atoms with Gasteiger partial charge in [-0.05, 0) is 47.0 Å². The smallest absolute Gasteiger partial charge is 0.338 e. The Morgan fingerprint density at radius 3 is 1.38 bits per heavy atom. The predicted octanol–water partition coefficient (Wildman–Crippen LogP) is 8.20. The third kappa shape index (κ3) is 14.5. The number of carbonyl (C=O) groups excluding carboxylic acids is 3. The van der Waals surface area contributed by atoms with Crippen LogP contribution in [0.3, 0.4) is 0 Å². The highest BCUT2D eigenvalue weighted by Crippen LogP contribution is 2.35. The Morgan fingerprint density at radius 1 is 0.478 bits per heavy atom. The Kier molecular flexibility index (Phi) is 18.8. The molecule has 7 rings (SSSR count). The molecule has 2 saturated heterocycles. The van der Waals surface area contributed by atoms with Gasteiger partial charge < -0.3 is 52.1 Å². The van der Waals surface area contributed by atoms with E-state index in [-0.39, 0.29) is 37.6 Å². The monoisotopic (exact) mass is 962 g/mol. The molecular weight excluding hydrogens is 901 g/mol. The standard InChI is InChI=1S/C54H62O14Si/c1-58-44-46(66-50(55)40-27-17-9-18-28-40)49(67-51(56)41-29-19-10-20-30-41)54(68-47(44)52(57)59-2)64-36-42-43(61-33-37-21-11-6-12-22-37)45(62-34-38-23-13-7-14-24-38)48(63-35-39-25-15-8-16-26-39)53(65-42)60-31-32-69(3,4)5/h6-30,42-49,53-54H,31-36H2,1-5H3/t42-,43+,44+,45+,46+,47+,48-,49-,53-,54+/m1/s1. The van der Waals surface area contributed by atoms with Crippen LogP contribution >= 0.6 is 0 Å². The molecule has 0 N–H and O–H groups in total. The van der Waals surface area contributed by atoms with E-state index in [9.17, 15) is 14.4 Å². The largest absolute Gasteiger partial charge is 0.467 e. The molecule has 0 radical (unpaired) electrons. The number of ether oxygens (including phenoxy) is 11. The lowest BCUT2D eigenvalue weighted by Gasteiger charge is -2.47. The van der Waals surface area contributed by atoms with E-state index in [2.05, 4.69) is 19.6 Å². The van der Waals surface area contributed by atoms with Crippen LogP contribution in [0.4, 0.5) is 0 Å². The van der Waals surface area contributed by atoms with Gasteiger partial charge >= 0.3 is 17.9 Å². The summed E-state index contributed by atoms with van der Waals surface area (Å²) in [5.74, 6) is -2.38. The van der Waals surface area contributed by atoms with Crippen molar-refractivity contribution in [1.82, 2.24) is 0 Å². The van der Waals surface area contributed by atoms with Crippen LogP contribution in [0.25, 0.3) is 0 Å². The summed E-state index contributed by atoms with van der Waals surface area (Å²) in [7, 11) is 0.929. The van der Waals surface area contributed by atoms with E-state index in [0.29, 0.717) is 6.61 Å². The Labute approximate surface area is 405 Å². The number of benzene rings is 5. The molecule has 0 amide bonds. The fraction of sp³-hybridized carbons (Fsp3) is 0.389. The van der Waals surface area contributed by atoms with Crippen molar-refractivity contribution in [2.45, 2.75) is 107 Å². The highest BCUT2D eigenvalue weighted by Gasteiger charge is 2.56. The summed E-state index contributed by atoms with van der Waals surface area (Å²) in [6.07, 6.45) is -11.8. The van der Waals surface area contributed by atoms with E-state index < -0.39 is 87.4 Å². The van der Waals surface area contributed by atoms with Gasteiger partial charge in [-0.2, -0.15) is 0 Å². The van der Waals surface area contributed by atoms with E-state index in [1.54, 1.807) is 60.7 Å². The molecule has 0 unspecified atom stereocenters. The molecule has 10 atom stereocenters. The Bertz CT molecular complexity index is 2320. The molecule has 366 valence electrons. The first kappa shape index (κ1) is 51.3. The average Bonchev–Trinajstić information content (AvgIpc) is 3.37. The van der Waals surface area contributed by atoms with Crippen LogP contribution in [-0.4, -0.2) is 115 Å². The minimum absolute atomic E-state index is 0.164. The normalized spacial score (nSPS) is 24.8. The Balaban J connectivity index is 1.27. The summed E-state index contributed by atoms with van der Waals surface area (Å²) in [5, 5.41) is 0. The second-order valence-corrected chi connectivity index (χ2v) is 23.6. The van der Waals surface area contributed by atoms with Crippen molar-refractivity contribution in [3.05, 3.63) is 179 Å². The molecule has 0 aromatic heterocycles. The number of methoxy groups -OCH3 is 2. The molecule has 15 heteroatoms. The summed E-state index contributed by atoms with van der Waals surface area (Å²) in [6, 6.07) is 46.7. The number of hydrogen-bond acceptors (Lipinski definition) is 14. The molecule has 2 heterocycles. The highest BCUT2D eigenvalue weighted by atomic mass is 28.3. The van der Waals surface area contributed by atoms with Gasteiger partial charge in [0.05, 0.1) is 44.7 Å². The third-order valence-corrected chi connectivity index (χ3v) is 13.4. The lowest BCUT2D eigenvalue weighted by molar-refractivity contribution is -0.342. The molecule has 5 aromatic rings. The zero-order valence-corrected chi connectivity index (χ0v) is 40.7. The van der Waals surface area contributed by atoms with E-state index in [1.165, 1.54) is 14.2 Å². The average molecular weight is 963 g/mol. The maximum Gasteiger partial charge on any atom is 0.338 e. The maximum atomic E-state index is 14.0. The molecule has 0 bridgehead atoms. The van der Waals surface area contributed by atoms with Crippen LogP contribution < -0.4 is 0 Å². The maximum absolute atomic E-state index is 14.0. The van der Waals surface area contributed by atoms with Crippen LogP contribution in [0.5, 0.6) is 0 Å². The Hall–Kier alpha value is -5.59. The van der Waals surface area contributed by atoms with Gasteiger partial charge in [0.15, 0.2) is 30.9 Å². The van der Waals surface area contributed by atoms with Crippen molar-refractivity contribution in [2.24, 2.45) is 0 Å². The fourth-order valence-electron chi connectivity index (χ4n) is 7.98. The van der Waals surface area contributed by atoms with E-state index in [0.717, 1.165) is 22.7 Å². The molecule has 0 aliphatic carbocycles. The molecule has 0 saturated carbocycles. The summed E-state index contributed by atoms with van der Waals surface area (Å²) in [4.78, 5) is 41.3. The fourth-order valence-corrected chi connectivity index (χ4v) is 8.71. The van der Waals surface area contributed by atoms with E-state index >= 15 is 0 Å². The molecule has 14 nitrogen and oxygen atoms in total. The summed E-state index contributed by atoms with van der Waals surface area (Å²) >= 11 is 0. The van der Waals surface area contributed by atoms with Crippen LogP contribution in [-0.2, 0) is 76.7 Å². The SMILES string of the molecule is COC(=O)[C@H]1O[C@H](OC[C@H]2O[C@@H](OCC[Si](C)(C)C)[C@H](OCc3ccccc3)[C@@H](OCc3ccccc3)[C@H]2OCc2ccccc2)[C@H](OC(=O)c2ccccc2)[C@@H](OC(=O)c2ccccc2)[C@@H]1OC. The van der Waals surface area contributed by atoms with Gasteiger partial charge in [0, 0.05) is 21.8 Å². The summed E-state index contributed by atoms with van der Waals surface area (Å²) in [5.41, 5.74) is 3.17. The van der Waals surface area contributed by atoms with E-state index in [4.69, 9.17) is 52.1 Å². The second-order valence-electron chi connectivity index (χ2n) is 18.0. The van der Waals surface area contributed by atoms with Gasteiger partial charge in [-0.3, -0.25) is 0 Å². The number of carbonyl (C=O) groups is 3. The first-order chi connectivity index (χ1) is 33.5. The summed E-state index contributed by atoms with van der Waals surface area (Å²) < 4.78 is 70.4. The minimum Gasteiger partial charge on any atom is -0.467 e. The van der Waals surface area contributed by atoms with Crippen molar-refractivity contribution in [3.63, 3.8) is 0 Å². The lowest BCUT2D eigenvalue weighted by atomic mass is 9.96. The molecule has 0 spiro atoms. The zero-order valence-electron chi connectivity index (χ0n) is 39.7. The zero-order chi connectivity index (χ0) is 48.6. The van der Waals surface area contributed by atoms with Crippen molar-refractivity contribution in [3.8, 4) is 0 Å². The van der Waals surface area contributed by atoms with Crippen LogP contribution in [0, 0.1) is 0 Å². The van der Waals surface area contributed by atoms with Gasteiger partial charge in [0.1, 0.15) is 30.5 Å². The van der Waals surface area contributed by atoms with Crippen molar-refractivity contribution in [1.29, 1.82) is 0 Å². The van der Waals surface area contributed by atoms with Gasteiger partial charge in [-0.1, -0.05) is 147 Å². The van der Waals surface area contributed by atoms with Gasteiger partial charge in [0.2, 0.25) is 0 Å². The molecular formula is C54H62O14Si. The molecule has 5 aromatic carbocycles. The number of hydrogen-bond donors (Lipinski definition) is 0. The van der Waals surface area contributed by atoms with Crippen LogP contribution in [0.1, 0.15) is 37.4 Å². The third-order valence-electron chi connectivity index (χ3n) is 11.7. The quantitative estimate of drug-likeness (QED) is 0.0372. The minimum atomic E-state index is -1.59. The lowest BCUT2D eigenvalue weighted by Crippen LogP contribution is -2.65. The summed E-state index contributed by atoms with van der Waals surface area (Å²) in [6.45, 7) is 7.49. The first-order valence-corrected chi connectivity index (χ1v) is 26.9. The van der Waals surface area contributed by atoms with E-state index in [1.807, 2.05) is 91.0 Å². The van der Waals surface area contributed by atoms with Crippen molar-refractivity contribution >= 4 is 26.0 Å². The topological polar surface area (TPSA) is 153 Å². The molecule has 2 aliphatic heterocycles. The Morgan fingerprint density at radius 2 is 0.913 bits per heavy atom. The van der Waals surface area contributed by atoms with Crippen molar-refractivity contribution in [2.75, 3.05) is 27.4 Å². The van der Waals surface area contributed by atoms with Gasteiger partial charge in [-0.15, -0.1) is 0 Å².